The number of benzene rings is 1. The molecule has 1 aromatic carbocycles. The molecule has 1 saturated heterocycles. The first-order valence-electron chi connectivity index (χ1n) is 9.16. The Morgan fingerprint density at radius 3 is 2.65 bits per heavy atom. The Kier molecular flexibility index (Phi) is 4.47. The molecule has 4 rings (SSSR count). The Labute approximate surface area is 154 Å². The fourth-order valence-corrected chi connectivity index (χ4v) is 3.71. The highest BCUT2D eigenvalue weighted by molar-refractivity contribution is 5.76. The third-order valence-corrected chi connectivity index (χ3v) is 5.09. The maximum atomic E-state index is 4.80. The van der Waals surface area contributed by atoms with Gasteiger partial charge in [0.1, 0.15) is 5.52 Å². The smallest absolute Gasteiger partial charge is 0.154 e. The lowest BCUT2D eigenvalue weighted by Gasteiger charge is -2.34. The standard InChI is InChI=1S/C21H25N5/c1-4-8-24-10-12-25(13-11-24)21-20-15-19(23-26(20)9-7-22-21)18-6-5-16(2)14-17(18)3/h4-7,9,14-15H,1,8,10-13H2,2-3H3. The zero-order chi connectivity index (χ0) is 18.1. The van der Waals surface area contributed by atoms with Crippen LogP contribution in [0.4, 0.5) is 5.82 Å². The summed E-state index contributed by atoms with van der Waals surface area (Å²) < 4.78 is 1.95. The number of anilines is 1. The summed E-state index contributed by atoms with van der Waals surface area (Å²) in [6, 6.07) is 8.67. The first-order valence-corrected chi connectivity index (χ1v) is 9.16. The molecular weight excluding hydrogens is 322 g/mol. The van der Waals surface area contributed by atoms with Crippen molar-refractivity contribution in [1.82, 2.24) is 19.5 Å². The third kappa shape index (κ3) is 3.10. The van der Waals surface area contributed by atoms with E-state index in [0.717, 1.165) is 49.8 Å². The van der Waals surface area contributed by atoms with Gasteiger partial charge in [-0.05, 0) is 25.5 Å². The highest BCUT2D eigenvalue weighted by Crippen LogP contribution is 2.28. The van der Waals surface area contributed by atoms with Crippen LogP contribution in [0.25, 0.3) is 16.8 Å². The van der Waals surface area contributed by atoms with E-state index in [2.05, 4.69) is 59.5 Å². The number of nitrogens with zero attached hydrogens (tertiary/aromatic N) is 5. The monoisotopic (exact) mass is 347 g/mol. The molecule has 0 amide bonds. The summed E-state index contributed by atoms with van der Waals surface area (Å²) in [5.41, 5.74) is 5.78. The van der Waals surface area contributed by atoms with Crippen LogP contribution in [0.5, 0.6) is 0 Å². The van der Waals surface area contributed by atoms with E-state index in [-0.39, 0.29) is 0 Å². The molecule has 0 atom stereocenters. The van der Waals surface area contributed by atoms with E-state index in [1.54, 1.807) is 0 Å². The van der Waals surface area contributed by atoms with E-state index in [1.807, 2.05) is 23.0 Å². The molecule has 5 nitrogen and oxygen atoms in total. The fraction of sp³-hybridized carbons (Fsp3) is 0.333. The second kappa shape index (κ2) is 6.92. The summed E-state index contributed by atoms with van der Waals surface area (Å²) >= 11 is 0. The quantitative estimate of drug-likeness (QED) is 0.679. The number of aromatic nitrogens is 3. The van der Waals surface area contributed by atoms with Crippen LogP contribution in [0.2, 0.25) is 0 Å². The number of piperazine rings is 1. The Morgan fingerprint density at radius 2 is 1.92 bits per heavy atom. The summed E-state index contributed by atoms with van der Waals surface area (Å²) in [6.07, 6.45) is 5.75. The highest BCUT2D eigenvalue weighted by atomic mass is 15.3. The van der Waals surface area contributed by atoms with Crippen molar-refractivity contribution >= 4 is 11.3 Å². The van der Waals surface area contributed by atoms with Crippen LogP contribution in [0.1, 0.15) is 11.1 Å². The summed E-state index contributed by atoms with van der Waals surface area (Å²) in [6.45, 7) is 13.1. The number of fused-ring (bicyclic) bond motifs is 1. The van der Waals surface area contributed by atoms with Crippen molar-refractivity contribution < 1.29 is 0 Å². The van der Waals surface area contributed by atoms with Gasteiger partial charge >= 0.3 is 0 Å². The average molecular weight is 347 g/mol. The maximum absolute atomic E-state index is 4.80. The minimum absolute atomic E-state index is 0.953. The van der Waals surface area contributed by atoms with Crippen molar-refractivity contribution in [3.05, 3.63) is 60.4 Å². The largest absolute Gasteiger partial charge is 0.352 e. The van der Waals surface area contributed by atoms with Gasteiger partial charge in [-0.15, -0.1) is 6.58 Å². The number of hydrogen-bond acceptors (Lipinski definition) is 4. The molecule has 0 saturated carbocycles. The molecule has 0 N–H and O–H groups in total. The first kappa shape index (κ1) is 16.8. The SMILES string of the molecule is C=CCN1CCN(c2nccn3nc(-c4ccc(C)cc4C)cc23)CC1. The van der Waals surface area contributed by atoms with Gasteiger partial charge in [-0.1, -0.05) is 29.8 Å². The molecule has 3 aromatic rings. The Balaban J connectivity index is 1.67. The molecule has 1 aliphatic rings. The van der Waals surface area contributed by atoms with Gasteiger partial charge in [-0.25, -0.2) is 9.50 Å². The summed E-state index contributed by atoms with van der Waals surface area (Å²) in [5, 5.41) is 4.80. The van der Waals surface area contributed by atoms with Crippen LogP contribution < -0.4 is 4.90 Å². The van der Waals surface area contributed by atoms with Gasteiger partial charge in [0.15, 0.2) is 5.82 Å². The third-order valence-electron chi connectivity index (χ3n) is 5.09. The van der Waals surface area contributed by atoms with Gasteiger partial charge in [0.05, 0.1) is 5.69 Å². The molecule has 3 heterocycles. The lowest BCUT2D eigenvalue weighted by molar-refractivity contribution is 0.283. The first-order chi connectivity index (χ1) is 12.7. The van der Waals surface area contributed by atoms with Gasteiger partial charge in [-0.2, -0.15) is 5.10 Å². The van der Waals surface area contributed by atoms with E-state index in [0.29, 0.717) is 0 Å². The van der Waals surface area contributed by atoms with Crippen molar-refractivity contribution in [1.29, 1.82) is 0 Å². The Hall–Kier alpha value is -2.66. The summed E-state index contributed by atoms with van der Waals surface area (Å²) in [5.74, 6) is 1.02. The molecule has 134 valence electrons. The van der Waals surface area contributed by atoms with Crippen LogP contribution in [-0.2, 0) is 0 Å². The highest BCUT2D eigenvalue weighted by Gasteiger charge is 2.20. The minimum Gasteiger partial charge on any atom is -0.352 e. The topological polar surface area (TPSA) is 36.7 Å². The van der Waals surface area contributed by atoms with Crippen LogP contribution in [-0.4, -0.2) is 52.2 Å². The van der Waals surface area contributed by atoms with Crippen LogP contribution >= 0.6 is 0 Å². The van der Waals surface area contributed by atoms with Crippen molar-refractivity contribution in [2.24, 2.45) is 0 Å². The summed E-state index contributed by atoms with van der Waals surface area (Å²) in [4.78, 5) is 9.45. The van der Waals surface area contributed by atoms with E-state index in [1.165, 1.54) is 16.7 Å². The molecule has 26 heavy (non-hydrogen) atoms. The Bertz CT molecular complexity index is 935. The fourth-order valence-electron chi connectivity index (χ4n) is 3.71. The molecule has 0 spiro atoms. The Morgan fingerprint density at radius 1 is 1.12 bits per heavy atom. The molecule has 5 heteroatoms. The van der Waals surface area contributed by atoms with Crippen LogP contribution in [0.15, 0.2) is 49.3 Å². The van der Waals surface area contributed by atoms with Crippen molar-refractivity contribution in [2.75, 3.05) is 37.6 Å². The lowest BCUT2D eigenvalue weighted by Crippen LogP contribution is -2.46. The second-order valence-corrected chi connectivity index (χ2v) is 7.00. The molecule has 0 bridgehead atoms. The van der Waals surface area contributed by atoms with Crippen molar-refractivity contribution in [3.63, 3.8) is 0 Å². The predicted octanol–water partition coefficient (Wildman–Crippen LogP) is 3.32. The molecule has 1 aliphatic heterocycles. The molecule has 0 aliphatic carbocycles. The maximum Gasteiger partial charge on any atom is 0.154 e. The van der Waals surface area contributed by atoms with Gasteiger partial charge < -0.3 is 4.90 Å². The normalized spacial score (nSPS) is 15.5. The van der Waals surface area contributed by atoms with E-state index >= 15 is 0 Å². The van der Waals surface area contributed by atoms with Crippen LogP contribution in [0.3, 0.4) is 0 Å². The van der Waals surface area contributed by atoms with Gasteiger partial charge in [-0.3, -0.25) is 4.90 Å². The van der Waals surface area contributed by atoms with E-state index < -0.39 is 0 Å². The van der Waals surface area contributed by atoms with Crippen LogP contribution in [0, 0.1) is 13.8 Å². The molecular formula is C21H25N5. The van der Waals surface area contributed by atoms with Gasteiger partial charge in [0.25, 0.3) is 0 Å². The predicted molar refractivity (Wildman–Crippen MR) is 107 cm³/mol. The molecule has 0 radical (unpaired) electrons. The van der Waals surface area contributed by atoms with Crippen molar-refractivity contribution in [3.8, 4) is 11.3 Å². The minimum atomic E-state index is 0.953. The zero-order valence-electron chi connectivity index (χ0n) is 15.5. The number of aryl methyl sites for hydroxylation is 2. The van der Waals surface area contributed by atoms with E-state index in [4.69, 9.17) is 5.10 Å². The average Bonchev–Trinajstić information content (AvgIpc) is 3.06. The lowest BCUT2D eigenvalue weighted by atomic mass is 10.0. The van der Waals surface area contributed by atoms with Crippen molar-refractivity contribution in [2.45, 2.75) is 13.8 Å². The molecule has 2 aromatic heterocycles. The second-order valence-electron chi connectivity index (χ2n) is 7.00. The van der Waals surface area contributed by atoms with E-state index in [9.17, 15) is 0 Å². The number of rotatable bonds is 4. The zero-order valence-corrected chi connectivity index (χ0v) is 15.5. The van der Waals surface area contributed by atoms with Gasteiger partial charge in [0.2, 0.25) is 0 Å². The number of hydrogen-bond donors (Lipinski definition) is 0. The molecule has 0 unspecified atom stereocenters. The molecule has 1 fully saturated rings. The van der Waals surface area contributed by atoms with Gasteiger partial charge in [0, 0.05) is 50.7 Å². The summed E-state index contributed by atoms with van der Waals surface area (Å²) in [7, 11) is 0.